The molecule has 0 spiro atoms. The van der Waals surface area contributed by atoms with Crippen molar-refractivity contribution in [1.82, 2.24) is 15.1 Å². The van der Waals surface area contributed by atoms with E-state index >= 15 is 0 Å². The van der Waals surface area contributed by atoms with Gasteiger partial charge in [-0.25, -0.2) is 4.79 Å². The summed E-state index contributed by atoms with van der Waals surface area (Å²) in [6, 6.07) is 4.99. The molecule has 0 unspecified atom stereocenters. The van der Waals surface area contributed by atoms with E-state index in [1.54, 1.807) is 0 Å². The van der Waals surface area contributed by atoms with E-state index in [0.717, 1.165) is 34.8 Å². The zero-order valence-corrected chi connectivity index (χ0v) is 17.5. The smallest absolute Gasteiger partial charge is 0.328 e. The molecule has 0 fully saturated rings. The number of fused-ring (bicyclic) bond motifs is 1. The van der Waals surface area contributed by atoms with Crippen molar-refractivity contribution in [2.45, 2.75) is 53.1 Å². The molecule has 0 aliphatic carbocycles. The molecule has 0 bridgehead atoms. The molecule has 1 amide bonds. The number of rotatable bonds is 6. The lowest BCUT2D eigenvalue weighted by atomic mass is 9.86. The molecule has 142 valence electrons. The van der Waals surface area contributed by atoms with E-state index in [-0.39, 0.29) is 5.91 Å². The number of aryl methyl sites for hydroxylation is 1. The number of nitrogens with zero attached hydrogens (tertiary/aromatic N) is 2. The van der Waals surface area contributed by atoms with Crippen LogP contribution in [-0.2, 0) is 16.1 Å². The summed E-state index contributed by atoms with van der Waals surface area (Å²) in [6.07, 6.45) is 2.01. The summed E-state index contributed by atoms with van der Waals surface area (Å²) >= 11 is 3.45. The molecule has 0 aliphatic heterocycles. The molecule has 26 heavy (non-hydrogen) atoms. The highest BCUT2D eigenvalue weighted by atomic mass is 79.9. The lowest BCUT2D eigenvalue weighted by Gasteiger charge is -2.28. The number of amides is 1. The number of nitrogens with one attached hydrogen (secondary N) is 1. The van der Waals surface area contributed by atoms with Crippen LogP contribution in [0.25, 0.3) is 10.9 Å². The SMILES string of the molecule is CCCCn1nc(C(=O)N[C@H](C(=O)OC)C(C)(C)C)c2cc(Br)ccc21. The van der Waals surface area contributed by atoms with Crippen LogP contribution in [0.5, 0.6) is 0 Å². The topological polar surface area (TPSA) is 73.2 Å². The van der Waals surface area contributed by atoms with E-state index in [9.17, 15) is 9.59 Å². The fourth-order valence-electron chi connectivity index (χ4n) is 2.74. The number of esters is 1. The third-order valence-corrected chi connectivity index (χ3v) is 4.72. The maximum Gasteiger partial charge on any atom is 0.328 e. The van der Waals surface area contributed by atoms with E-state index in [0.29, 0.717) is 5.69 Å². The van der Waals surface area contributed by atoms with Crippen LogP contribution in [0, 0.1) is 5.41 Å². The zero-order chi connectivity index (χ0) is 19.5. The molecule has 2 aromatic rings. The van der Waals surface area contributed by atoms with Crippen molar-refractivity contribution < 1.29 is 14.3 Å². The molecule has 6 nitrogen and oxygen atoms in total. The third kappa shape index (κ3) is 4.44. The van der Waals surface area contributed by atoms with Gasteiger partial charge >= 0.3 is 5.97 Å². The van der Waals surface area contributed by atoms with Crippen molar-refractivity contribution in [1.29, 1.82) is 0 Å². The third-order valence-electron chi connectivity index (χ3n) is 4.23. The molecule has 1 heterocycles. The van der Waals surface area contributed by atoms with Gasteiger partial charge in [-0.2, -0.15) is 5.10 Å². The van der Waals surface area contributed by atoms with Gasteiger partial charge in [0.05, 0.1) is 12.6 Å². The van der Waals surface area contributed by atoms with Crippen molar-refractivity contribution in [3.05, 3.63) is 28.4 Å². The summed E-state index contributed by atoms with van der Waals surface area (Å²) in [6.45, 7) is 8.48. The number of ether oxygens (including phenoxy) is 1. The molecule has 1 aromatic heterocycles. The number of hydrogen-bond donors (Lipinski definition) is 1. The highest BCUT2D eigenvalue weighted by Crippen LogP contribution is 2.25. The number of carbonyl (C=O) groups is 2. The Kier molecular flexibility index (Phi) is 6.44. The fraction of sp³-hybridized carbons (Fsp3) is 0.526. The van der Waals surface area contributed by atoms with Crippen LogP contribution in [0.15, 0.2) is 22.7 Å². The van der Waals surface area contributed by atoms with E-state index in [2.05, 4.69) is 33.3 Å². The molecule has 0 radical (unpaired) electrons. The number of carbonyl (C=O) groups excluding carboxylic acids is 2. The van der Waals surface area contributed by atoms with Gasteiger partial charge < -0.3 is 10.1 Å². The summed E-state index contributed by atoms with van der Waals surface area (Å²) in [7, 11) is 1.32. The van der Waals surface area contributed by atoms with Gasteiger partial charge in [0.2, 0.25) is 0 Å². The highest BCUT2D eigenvalue weighted by molar-refractivity contribution is 9.10. The zero-order valence-electron chi connectivity index (χ0n) is 15.9. The largest absolute Gasteiger partial charge is 0.467 e. The van der Waals surface area contributed by atoms with Crippen LogP contribution in [0.1, 0.15) is 51.0 Å². The predicted octanol–water partition coefficient (Wildman–Crippen LogP) is 3.92. The molecular weight excluding hydrogens is 398 g/mol. The van der Waals surface area contributed by atoms with E-state index < -0.39 is 17.4 Å². The van der Waals surface area contributed by atoms with Crippen LogP contribution in [0.3, 0.4) is 0 Å². The minimum atomic E-state index is -0.761. The summed E-state index contributed by atoms with van der Waals surface area (Å²) in [4.78, 5) is 25.0. The molecule has 1 N–H and O–H groups in total. The first-order valence-corrected chi connectivity index (χ1v) is 9.53. The second-order valence-electron chi connectivity index (χ2n) is 7.38. The van der Waals surface area contributed by atoms with E-state index in [1.165, 1.54) is 7.11 Å². The minimum absolute atomic E-state index is 0.315. The monoisotopic (exact) mass is 423 g/mol. The van der Waals surface area contributed by atoms with Gasteiger partial charge in [0, 0.05) is 16.4 Å². The lowest BCUT2D eigenvalue weighted by Crippen LogP contribution is -2.49. The first-order valence-electron chi connectivity index (χ1n) is 8.73. The fourth-order valence-corrected chi connectivity index (χ4v) is 3.10. The summed E-state index contributed by atoms with van der Waals surface area (Å²) in [5, 5.41) is 8.08. The summed E-state index contributed by atoms with van der Waals surface area (Å²) in [5.41, 5.74) is 0.733. The molecular formula is C19H26BrN3O3. The average Bonchev–Trinajstić information content (AvgIpc) is 2.93. The molecule has 0 aliphatic rings. The Morgan fingerprint density at radius 2 is 2.04 bits per heavy atom. The second-order valence-corrected chi connectivity index (χ2v) is 8.30. The summed E-state index contributed by atoms with van der Waals surface area (Å²) in [5.74, 6) is -0.851. The Hall–Kier alpha value is -1.89. The first-order chi connectivity index (χ1) is 12.2. The van der Waals surface area contributed by atoms with Crippen LogP contribution in [-0.4, -0.2) is 34.8 Å². The number of unbranched alkanes of at least 4 members (excludes halogenated alkanes) is 1. The molecule has 0 saturated carbocycles. The van der Waals surface area contributed by atoms with E-state index in [4.69, 9.17) is 4.74 Å². The molecule has 7 heteroatoms. The van der Waals surface area contributed by atoms with Gasteiger partial charge in [0.25, 0.3) is 5.91 Å². The normalized spacial score (nSPS) is 12.8. The quantitative estimate of drug-likeness (QED) is 0.714. The number of halogens is 1. The maximum atomic E-state index is 12.9. The van der Waals surface area contributed by atoms with Crippen LogP contribution < -0.4 is 5.32 Å². The van der Waals surface area contributed by atoms with E-state index in [1.807, 2.05) is 43.7 Å². The predicted molar refractivity (Wildman–Crippen MR) is 105 cm³/mol. The maximum absolute atomic E-state index is 12.9. The molecule has 1 atom stereocenters. The number of methoxy groups -OCH3 is 1. The molecule has 1 aromatic carbocycles. The number of aromatic nitrogens is 2. The average molecular weight is 424 g/mol. The van der Waals surface area contributed by atoms with Gasteiger partial charge in [-0.1, -0.05) is 50.0 Å². The number of hydrogen-bond acceptors (Lipinski definition) is 4. The number of benzene rings is 1. The highest BCUT2D eigenvalue weighted by Gasteiger charge is 2.34. The first kappa shape index (κ1) is 20.4. The molecule has 2 rings (SSSR count). The van der Waals surface area contributed by atoms with Crippen molar-refractivity contribution in [3.8, 4) is 0 Å². The van der Waals surface area contributed by atoms with Gasteiger partial charge in [-0.05, 0) is 30.0 Å². The Morgan fingerprint density at radius 1 is 1.35 bits per heavy atom. The van der Waals surface area contributed by atoms with Crippen LogP contribution >= 0.6 is 15.9 Å². The van der Waals surface area contributed by atoms with Gasteiger partial charge in [0.15, 0.2) is 5.69 Å². The standard InChI is InChI=1S/C19H26BrN3O3/c1-6-7-10-23-14-9-8-12(20)11-13(14)15(22-23)17(24)21-16(18(25)26-5)19(2,3)4/h8-9,11,16H,6-7,10H2,1-5H3,(H,21,24)/t16-/m1/s1. The van der Waals surface area contributed by atoms with Crippen molar-refractivity contribution in [2.75, 3.05) is 7.11 Å². The van der Waals surface area contributed by atoms with Crippen molar-refractivity contribution in [2.24, 2.45) is 5.41 Å². The van der Waals surface area contributed by atoms with Crippen molar-refractivity contribution in [3.63, 3.8) is 0 Å². The summed E-state index contributed by atoms with van der Waals surface area (Å²) < 4.78 is 7.58. The second kappa shape index (κ2) is 8.20. The lowest BCUT2D eigenvalue weighted by molar-refractivity contribution is -0.145. The van der Waals surface area contributed by atoms with Gasteiger partial charge in [0.1, 0.15) is 6.04 Å². The molecule has 0 saturated heterocycles. The Labute approximate surface area is 162 Å². The van der Waals surface area contributed by atoms with Gasteiger partial charge in [-0.3, -0.25) is 9.48 Å². The Bertz CT molecular complexity index is 808. The van der Waals surface area contributed by atoms with Crippen molar-refractivity contribution >= 4 is 38.7 Å². The van der Waals surface area contributed by atoms with Crippen LogP contribution in [0.2, 0.25) is 0 Å². The Morgan fingerprint density at radius 3 is 2.62 bits per heavy atom. The van der Waals surface area contributed by atoms with Crippen LogP contribution in [0.4, 0.5) is 0 Å². The minimum Gasteiger partial charge on any atom is -0.467 e. The Balaban J connectivity index is 2.43. The van der Waals surface area contributed by atoms with Gasteiger partial charge in [-0.15, -0.1) is 0 Å².